The summed E-state index contributed by atoms with van der Waals surface area (Å²) in [6.07, 6.45) is 1.05. The first-order valence-electron chi connectivity index (χ1n) is 10.3. The van der Waals surface area contributed by atoms with Gasteiger partial charge in [-0.15, -0.1) is 11.8 Å². The minimum Gasteiger partial charge on any atom is -0.480 e. The summed E-state index contributed by atoms with van der Waals surface area (Å²) in [6, 6.07) is 25.2. The van der Waals surface area contributed by atoms with Crippen LogP contribution in [0.3, 0.4) is 0 Å². The summed E-state index contributed by atoms with van der Waals surface area (Å²) >= 11 is 1.57. The van der Waals surface area contributed by atoms with E-state index in [-0.39, 0.29) is 5.56 Å². The average Bonchev–Trinajstić information content (AvgIpc) is 2.79. The van der Waals surface area contributed by atoms with Gasteiger partial charge < -0.3 is 5.11 Å². The third-order valence-corrected chi connectivity index (χ3v) is 6.95. The van der Waals surface area contributed by atoms with Crippen LogP contribution >= 0.6 is 11.8 Å². The van der Waals surface area contributed by atoms with Crippen LogP contribution in [0.5, 0.6) is 0 Å². The smallest absolute Gasteiger partial charge is 0.326 e. The molecule has 0 unspecified atom stereocenters. The minimum atomic E-state index is -0.954. The lowest BCUT2D eigenvalue weighted by atomic mass is 9.93. The van der Waals surface area contributed by atoms with Crippen LogP contribution in [-0.2, 0) is 11.2 Å². The summed E-state index contributed by atoms with van der Waals surface area (Å²) in [6.45, 7) is 0. The molecule has 0 spiro atoms. The average molecular weight is 428 g/mol. The number of carbonyl (C=O) groups is 1. The second-order valence-electron chi connectivity index (χ2n) is 7.73. The van der Waals surface area contributed by atoms with Crippen molar-refractivity contribution in [2.75, 3.05) is 5.75 Å². The molecule has 0 saturated heterocycles. The molecular weight excluding hydrogens is 406 g/mol. The van der Waals surface area contributed by atoms with Crippen LogP contribution in [0, 0.1) is 0 Å². The summed E-state index contributed by atoms with van der Waals surface area (Å²) in [5.74, 6) is -0.280. The van der Waals surface area contributed by atoms with Crippen molar-refractivity contribution in [3.8, 4) is 11.1 Å². The van der Waals surface area contributed by atoms with Gasteiger partial charge in [0, 0.05) is 17.4 Å². The van der Waals surface area contributed by atoms with E-state index in [9.17, 15) is 14.7 Å². The number of nitrogens with zero attached hydrogens (tertiary/aromatic N) is 1. The fraction of sp³-hybridized carbons (Fsp3) is 0.154. The van der Waals surface area contributed by atoms with E-state index in [2.05, 4.69) is 24.3 Å². The highest BCUT2D eigenvalue weighted by molar-refractivity contribution is 7.99. The first-order chi connectivity index (χ1) is 15.1. The van der Waals surface area contributed by atoms with Crippen molar-refractivity contribution in [2.24, 2.45) is 0 Å². The van der Waals surface area contributed by atoms with Crippen LogP contribution in [0.2, 0.25) is 0 Å². The third kappa shape index (κ3) is 3.55. The summed E-state index contributed by atoms with van der Waals surface area (Å²) < 4.78 is 1.48. The van der Waals surface area contributed by atoms with E-state index in [4.69, 9.17) is 0 Å². The number of fused-ring (bicyclic) bond motifs is 2. The van der Waals surface area contributed by atoms with Crippen molar-refractivity contribution >= 4 is 28.5 Å². The highest BCUT2D eigenvalue weighted by atomic mass is 32.2. The number of carboxylic acids is 1. The van der Waals surface area contributed by atoms with Gasteiger partial charge in [0.2, 0.25) is 0 Å². The van der Waals surface area contributed by atoms with Gasteiger partial charge in [-0.2, -0.15) is 0 Å². The van der Waals surface area contributed by atoms with Gasteiger partial charge in [-0.3, -0.25) is 9.36 Å². The van der Waals surface area contributed by atoms with E-state index in [1.54, 1.807) is 17.8 Å². The molecule has 0 radical (unpaired) electrons. The molecule has 1 N–H and O–H groups in total. The number of rotatable bonds is 4. The Morgan fingerprint density at radius 3 is 2.52 bits per heavy atom. The van der Waals surface area contributed by atoms with Crippen molar-refractivity contribution in [1.82, 2.24) is 4.57 Å². The Morgan fingerprint density at radius 1 is 0.968 bits per heavy atom. The summed E-state index contributed by atoms with van der Waals surface area (Å²) in [5, 5.41) is 12.8. The Morgan fingerprint density at radius 2 is 1.71 bits per heavy atom. The lowest BCUT2D eigenvalue weighted by Crippen LogP contribution is -2.34. The van der Waals surface area contributed by atoms with E-state index in [0.29, 0.717) is 18.6 Å². The predicted octanol–water partition coefficient (Wildman–Crippen LogP) is 5.38. The standard InChI is InChI=1S/C26H21NO3S/c28-23-16-20(15-19-11-6-10-17-7-4-5-12-21(17)19)24(18-8-2-1-3-9-18)25-27(23)22(26(29)30)13-14-31-25/h1-12,16,22H,13-15H2,(H,29,30)/t22-/m0/s1. The van der Waals surface area contributed by atoms with Gasteiger partial charge in [0.25, 0.3) is 5.56 Å². The van der Waals surface area contributed by atoms with Gasteiger partial charge in [0.05, 0.1) is 5.03 Å². The van der Waals surface area contributed by atoms with Gasteiger partial charge in [-0.1, -0.05) is 72.8 Å². The summed E-state index contributed by atoms with van der Waals surface area (Å²) in [5.41, 5.74) is 3.79. The molecule has 31 heavy (non-hydrogen) atoms. The van der Waals surface area contributed by atoms with E-state index in [1.165, 1.54) is 4.57 Å². The van der Waals surface area contributed by atoms with Crippen molar-refractivity contribution in [1.29, 1.82) is 0 Å². The molecule has 0 fully saturated rings. The predicted molar refractivity (Wildman–Crippen MR) is 125 cm³/mol. The number of aromatic nitrogens is 1. The number of aliphatic carboxylic acids is 1. The number of hydrogen-bond donors (Lipinski definition) is 1. The largest absolute Gasteiger partial charge is 0.480 e. The van der Waals surface area contributed by atoms with E-state index in [0.717, 1.165) is 38.1 Å². The maximum Gasteiger partial charge on any atom is 0.326 e. The van der Waals surface area contributed by atoms with Crippen molar-refractivity contribution in [3.05, 3.63) is 100 Å². The van der Waals surface area contributed by atoms with Crippen molar-refractivity contribution in [2.45, 2.75) is 23.9 Å². The zero-order valence-electron chi connectivity index (χ0n) is 16.8. The fourth-order valence-electron chi connectivity index (χ4n) is 4.42. The van der Waals surface area contributed by atoms with Gasteiger partial charge in [-0.05, 0) is 40.3 Å². The van der Waals surface area contributed by atoms with Gasteiger partial charge >= 0.3 is 5.97 Å². The minimum absolute atomic E-state index is 0.246. The maximum absolute atomic E-state index is 13.1. The number of hydrogen-bond acceptors (Lipinski definition) is 3. The molecule has 1 atom stereocenters. The van der Waals surface area contributed by atoms with Crippen LogP contribution in [0.25, 0.3) is 21.9 Å². The molecule has 0 bridgehead atoms. The number of thioether (sulfide) groups is 1. The molecule has 4 nitrogen and oxygen atoms in total. The Labute approximate surface area is 184 Å². The number of benzene rings is 3. The zero-order chi connectivity index (χ0) is 21.4. The lowest BCUT2D eigenvalue weighted by Gasteiger charge is -2.28. The van der Waals surface area contributed by atoms with E-state index < -0.39 is 12.0 Å². The first-order valence-corrected chi connectivity index (χ1v) is 11.3. The van der Waals surface area contributed by atoms with Crippen LogP contribution in [-0.4, -0.2) is 21.4 Å². The van der Waals surface area contributed by atoms with Crippen LogP contribution in [0.4, 0.5) is 0 Å². The molecule has 1 aromatic heterocycles. The number of pyridine rings is 1. The Balaban J connectivity index is 1.75. The lowest BCUT2D eigenvalue weighted by molar-refractivity contribution is -0.141. The monoisotopic (exact) mass is 427 g/mol. The normalized spacial score (nSPS) is 15.5. The summed E-state index contributed by atoms with van der Waals surface area (Å²) in [4.78, 5) is 25.0. The fourth-order valence-corrected chi connectivity index (χ4v) is 5.70. The second-order valence-corrected chi connectivity index (χ2v) is 8.81. The Bertz CT molecular complexity index is 1340. The molecule has 1 aliphatic rings. The molecule has 0 saturated carbocycles. The topological polar surface area (TPSA) is 59.3 Å². The van der Waals surface area contributed by atoms with Crippen LogP contribution < -0.4 is 5.56 Å². The first kappa shape index (κ1) is 19.6. The molecule has 154 valence electrons. The van der Waals surface area contributed by atoms with Crippen molar-refractivity contribution < 1.29 is 9.90 Å². The molecule has 5 heteroatoms. The van der Waals surface area contributed by atoms with Crippen LogP contribution in [0.15, 0.2) is 88.7 Å². The summed E-state index contributed by atoms with van der Waals surface area (Å²) in [7, 11) is 0. The molecule has 1 aliphatic heterocycles. The van der Waals surface area contributed by atoms with Crippen molar-refractivity contribution in [3.63, 3.8) is 0 Å². The maximum atomic E-state index is 13.1. The SMILES string of the molecule is O=C(O)[C@@H]1CCSc2c(-c3ccccc3)c(Cc3cccc4ccccc34)cc(=O)n21. The van der Waals surface area contributed by atoms with Crippen LogP contribution in [0.1, 0.15) is 23.6 Å². The quantitative estimate of drug-likeness (QED) is 0.475. The van der Waals surface area contributed by atoms with Gasteiger partial charge in [-0.25, -0.2) is 4.79 Å². The highest BCUT2D eigenvalue weighted by Gasteiger charge is 2.30. The van der Waals surface area contributed by atoms with E-state index >= 15 is 0 Å². The molecule has 2 heterocycles. The van der Waals surface area contributed by atoms with E-state index in [1.807, 2.05) is 48.5 Å². The number of carboxylic acid groups (broad SMARTS) is 1. The molecule has 3 aromatic carbocycles. The highest BCUT2D eigenvalue weighted by Crippen LogP contribution is 2.40. The second kappa shape index (κ2) is 8.08. The molecule has 4 aromatic rings. The zero-order valence-corrected chi connectivity index (χ0v) is 17.6. The molecule has 5 rings (SSSR count). The Kier molecular flexibility index (Phi) is 5.12. The third-order valence-electron chi connectivity index (χ3n) is 5.84. The van der Waals surface area contributed by atoms with Gasteiger partial charge in [0.15, 0.2) is 0 Å². The molecule has 0 aliphatic carbocycles. The van der Waals surface area contributed by atoms with Gasteiger partial charge in [0.1, 0.15) is 6.04 Å². The molecule has 0 amide bonds. The molecular formula is C26H21NO3S. The Hall–Kier alpha value is -3.31.